The number of benzene rings is 1. The molecule has 1 aromatic heterocycles. The van der Waals surface area contributed by atoms with Gasteiger partial charge >= 0.3 is 5.97 Å². The van der Waals surface area contributed by atoms with Crippen molar-refractivity contribution in [2.45, 2.75) is 6.54 Å². The number of anilines is 1. The molecule has 1 amide bonds. The van der Waals surface area contributed by atoms with E-state index in [4.69, 9.17) is 5.11 Å². The normalized spacial score (nSPS) is 10.2. The van der Waals surface area contributed by atoms with E-state index >= 15 is 0 Å². The minimum atomic E-state index is -1.03. The summed E-state index contributed by atoms with van der Waals surface area (Å²) in [6, 6.07) is 4.36. The van der Waals surface area contributed by atoms with E-state index in [1.165, 1.54) is 35.5 Å². The Morgan fingerprint density at radius 1 is 1.42 bits per heavy atom. The summed E-state index contributed by atoms with van der Waals surface area (Å²) in [7, 11) is 0. The molecule has 98 valence electrons. The molecule has 1 heterocycles. The average molecular weight is 325 g/mol. The summed E-state index contributed by atoms with van der Waals surface area (Å²) < 4.78 is 1.88. The third-order valence-electron chi connectivity index (χ3n) is 2.26. The Kier molecular flexibility index (Phi) is 3.91. The van der Waals surface area contributed by atoms with Crippen LogP contribution in [0.1, 0.15) is 10.4 Å². The molecular weight excluding hydrogens is 316 g/mol. The minimum absolute atomic E-state index is 0.0348. The van der Waals surface area contributed by atoms with Crippen molar-refractivity contribution in [3.05, 3.63) is 40.9 Å². The lowest BCUT2D eigenvalue weighted by Gasteiger charge is -2.08. The van der Waals surface area contributed by atoms with Gasteiger partial charge in [-0.1, -0.05) is 0 Å². The lowest BCUT2D eigenvalue weighted by Crippen LogP contribution is -2.19. The van der Waals surface area contributed by atoms with Gasteiger partial charge in [-0.25, -0.2) is 14.5 Å². The largest absolute Gasteiger partial charge is 0.478 e. The Balaban J connectivity index is 2.07. The maximum atomic E-state index is 11.7. The van der Waals surface area contributed by atoms with Crippen LogP contribution in [0.4, 0.5) is 5.69 Å². The number of carbonyl (C=O) groups excluding carboxylic acids is 1. The van der Waals surface area contributed by atoms with Crippen LogP contribution in [0.25, 0.3) is 0 Å². The number of amides is 1. The summed E-state index contributed by atoms with van der Waals surface area (Å²) in [4.78, 5) is 26.2. The number of aromatic carboxylic acids is 1. The molecular formula is C11H9BrN4O3. The number of carboxylic acids is 1. The van der Waals surface area contributed by atoms with E-state index in [9.17, 15) is 9.59 Å². The highest BCUT2D eigenvalue weighted by Gasteiger charge is 2.09. The molecule has 2 N–H and O–H groups in total. The Bertz CT molecular complexity index is 612. The molecule has 0 saturated heterocycles. The first kappa shape index (κ1) is 13.2. The fourth-order valence-corrected chi connectivity index (χ4v) is 1.88. The molecule has 0 aliphatic rings. The van der Waals surface area contributed by atoms with Gasteiger partial charge in [0.15, 0.2) is 0 Å². The van der Waals surface area contributed by atoms with Gasteiger partial charge in [-0.2, -0.15) is 5.10 Å². The van der Waals surface area contributed by atoms with Crippen molar-refractivity contribution in [2.24, 2.45) is 0 Å². The number of nitrogens with zero attached hydrogens (tertiary/aromatic N) is 3. The number of rotatable bonds is 4. The third-order valence-corrected chi connectivity index (χ3v) is 2.92. The lowest BCUT2D eigenvalue weighted by molar-refractivity contribution is -0.116. The molecule has 0 aliphatic carbocycles. The fraction of sp³-hybridized carbons (Fsp3) is 0.0909. The second kappa shape index (κ2) is 5.61. The average Bonchev–Trinajstić information content (AvgIpc) is 2.84. The SMILES string of the molecule is O=C(Cn1cncn1)Nc1ccc(C(=O)O)cc1Br. The van der Waals surface area contributed by atoms with Gasteiger partial charge in [-0.15, -0.1) is 0 Å². The number of halogens is 1. The molecule has 0 unspecified atom stereocenters. The van der Waals surface area contributed by atoms with E-state index in [0.29, 0.717) is 10.2 Å². The number of hydrogen-bond donors (Lipinski definition) is 2. The summed E-state index contributed by atoms with van der Waals surface area (Å²) in [6.07, 6.45) is 2.77. The van der Waals surface area contributed by atoms with Crippen LogP contribution in [-0.2, 0) is 11.3 Å². The molecule has 7 nitrogen and oxygen atoms in total. The first-order valence-corrected chi connectivity index (χ1v) is 6.00. The Labute approximate surface area is 116 Å². The minimum Gasteiger partial charge on any atom is -0.478 e. The van der Waals surface area contributed by atoms with Crippen molar-refractivity contribution in [2.75, 3.05) is 5.32 Å². The van der Waals surface area contributed by atoms with Crippen molar-refractivity contribution < 1.29 is 14.7 Å². The van der Waals surface area contributed by atoms with E-state index in [2.05, 4.69) is 31.3 Å². The maximum Gasteiger partial charge on any atom is 0.335 e. The Hall–Kier alpha value is -2.22. The Morgan fingerprint density at radius 2 is 2.21 bits per heavy atom. The summed E-state index contributed by atoms with van der Waals surface area (Å²) in [5.41, 5.74) is 0.635. The van der Waals surface area contributed by atoms with E-state index < -0.39 is 5.97 Å². The quantitative estimate of drug-likeness (QED) is 0.885. The van der Waals surface area contributed by atoms with Crippen molar-refractivity contribution >= 4 is 33.5 Å². The first-order chi connectivity index (χ1) is 9.06. The van der Waals surface area contributed by atoms with E-state index in [-0.39, 0.29) is 18.0 Å². The molecule has 19 heavy (non-hydrogen) atoms. The monoisotopic (exact) mass is 324 g/mol. The van der Waals surface area contributed by atoms with Gasteiger partial charge in [-0.05, 0) is 34.1 Å². The zero-order valence-electron chi connectivity index (χ0n) is 9.58. The number of aromatic nitrogens is 3. The third kappa shape index (κ3) is 3.38. The standard InChI is InChI=1S/C11H9BrN4O3/c12-8-3-7(11(18)19)1-2-9(8)15-10(17)4-16-6-13-5-14-16/h1-3,5-6H,4H2,(H,15,17)(H,18,19). The van der Waals surface area contributed by atoms with Crippen molar-refractivity contribution in [3.63, 3.8) is 0 Å². The molecule has 0 fully saturated rings. The van der Waals surface area contributed by atoms with Gasteiger partial charge in [0.05, 0.1) is 11.3 Å². The van der Waals surface area contributed by atoms with E-state index in [0.717, 1.165) is 0 Å². The molecule has 0 aliphatic heterocycles. The predicted molar refractivity (Wildman–Crippen MR) is 69.8 cm³/mol. The summed E-state index contributed by atoms with van der Waals surface area (Å²) in [5.74, 6) is -1.31. The molecule has 0 bridgehead atoms. The molecule has 0 radical (unpaired) electrons. The second-order valence-corrected chi connectivity index (χ2v) is 4.50. The van der Waals surface area contributed by atoms with Gasteiger partial charge in [0, 0.05) is 4.47 Å². The molecule has 0 saturated carbocycles. The van der Waals surface area contributed by atoms with Crippen molar-refractivity contribution in [1.29, 1.82) is 0 Å². The van der Waals surface area contributed by atoms with Gasteiger partial charge in [0.2, 0.25) is 5.91 Å². The zero-order chi connectivity index (χ0) is 13.8. The van der Waals surface area contributed by atoms with Crippen LogP contribution in [0, 0.1) is 0 Å². The highest BCUT2D eigenvalue weighted by molar-refractivity contribution is 9.10. The second-order valence-electron chi connectivity index (χ2n) is 3.64. The van der Waals surface area contributed by atoms with Crippen LogP contribution in [0.15, 0.2) is 35.3 Å². The highest BCUT2D eigenvalue weighted by atomic mass is 79.9. The molecule has 8 heteroatoms. The number of nitrogens with one attached hydrogen (secondary N) is 1. The first-order valence-electron chi connectivity index (χ1n) is 5.21. The van der Waals surface area contributed by atoms with Crippen LogP contribution in [0.3, 0.4) is 0 Å². The lowest BCUT2D eigenvalue weighted by atomic mass is 10.2. The van der Waals surface area contributed by atoms with Crippen molar-refractivity contribution in [3.8, 4) is 0 Å². The van der Waals surface area contributed by atoms with Crippen LogP contribution in [0.5, 0.6) is 0 Å². The van der Waals surface area contributed by atoms with Gasteiger partial charge < -0.3 is 10.4 Å². The van der Waals surface area contributed by atoms with Crippen LogP contribution >= 0.6 is 15.9 Å². The predicted octanol–water partition coefficient (Wildman–Crippen LogP) is 1.38. The van der Waals surface area contributed by atoms with Gasteiger partial charge in [0.1, 0.15) is 19.2 Å². The molecule has 2 aromatic rings. The van der Waals surface area contributed by atoms with E-state index in [1.54, 1.807) is 0 Å². The maximum absolute atomic E-state index is 11.7. The summed E-state index contributed by atoms with van der Waals surface area (Å²) in [6.45, 7) is 0.0348. The molecule has 0 atom stereocenters. The molecule has 1 aromatic carbocycles. The fourth-order valence-electron chi connectivity index (χ4n) is 1.40. The number of hydrogen-bond acceptors (Lipinski definition) is 4. The van der Waals surface area contributed by atoms with Gasteiger partial charge in [0.25, 0.3) is 0 Å². The molecule has 0 spiro atoms. The van der Waals surface area contributed by atoms with Crippen LogP contribution < -0.4 is 5.32 Å². The number of carbonyl (C=O) groups is 2. The highest BCUT2D eigenvalue weighted by Crippen LogP contribution is 2.23. The van der Waals surface area contributed by atoms with Crippen LogP contribution in [0.2, 0.25) is 0 Å². The van der Waals surface area contributed by atoms with Crippen molar-refractivity contribution in [1.82, 2.24) is 14.8 Å². The van der Waals surface area contributed by atoms with E-state index in [1.807, 2.05) is 0 Å². The van der Waals surface area contributed by atoms with Gasteiger partial charge in [-0.3, -0.25) is 4.79 Å². The molecule has 2 rings (SSSR count). The smallest absolute Gasteiger partial charge is 0.335 e. The number of carboxylic acid groups (broad SMARTS) is 1. The summed E-state index contributed by atoms with van der Waals surface area (Å²) >= 11 is 3.21. The Morgan fingerprint density at radius 3 is 2.79 bits per heavy atom. The topological polar surface area (TPSA) is 97.1 Å². The zero-order valence-corrected chi connectivity index (χ0v) is 11.2. The summed E-state index contributed by atoms with van der Waals surface area (Å²) in [5, 5.41) is 15.3. The van der Waals surface area contributed by atoms with Crippen LogP contribution in [-0.4, -0.2) is 31.7 Å².